The maximum absolute atomic E-state index is 13.2. The Balaban J connectivity index is 2.40. The van der Waals surface area contributed by atoms with Crippen LogP contribution in [0.1, 0.15) is 12.8 Å². The lowest BCUT2D eigenvalue weighted by atomic mass is 10.3. The molecule has 0 atom stereocenters. The third kappa shape index (κ3) is 2.26. The normalized spacial score (nSPS) is 18.2. The minimum atomic E-state index is -3.87. The second-order valence-corrected chi connectivity index (χ2v) is 5.52. The van der Waals surface area contributed by atoms with Gasteiger partial charge in [-0.15, -0.1) is 0 Å². The molecule has 0 bridgehead atoms. The lowest BCUT2D eigenvalue weighted by Crippen LogP contribution is -2.36. The molecular formula is C10H13FN2O3S. The topological polar surface area (TPSA) is 72.6 Å². The van der Waals surface area contributed by atoms with Crippen LogP contribution >= 0.6 is 0 Å². The summed E-state index contributed by atoms with van der Waals surface area (Å²) >= 11 is 0. The maximum Gasteiger partial charge on any atom is 0.267 e. The molecule has 1 saturated heterocycles. The molecule has 94 valence electrons. The van der Waals surface area contributed by atoms with E-state index in [-0.39, 0.29) is 17.1 Å². The van der Waals surface area contributed by atoms with Crippen LogP contribution in [0.5, 0.6) is 0 Å². The fourth-order valence-corrected chi connectivity index (χ4v) is 3.04. The Morgan fingerprint density at radius 2 is 2.12 bits per heavy atom. The third-order valence-electron chi connectivity index (χ3n) is 2.53. The second-order valence-electron chi connectivity index (χ2n) is 3.72. The van der Waals surface area contributed by atoms with Gasteiger partial charge in [0.05, 0.1) is 12.3 Å². The molecule has 5 nitrogen and oxygen atoms in total. The van der Waals surface area contributed by atoms with Gasteiger partial charge in [-0.25, -0.2) is 12.8 Å². The van der Waals surface area contributed by atoms with E-state index in [0.717, 1.165) is 17.0 Å². The number of hydroxylamine groups is 1. The van der Waals surface area contributed by atoms with Crippen molar-refractivity contribution in [2.75, 3.05) is 18.9 Å². The third-order valence-corrected chi connectivity index (χ3v) is 4.27. The number of nitrogens with zero attached hydrogens (tertiary/aromatic N) is 1. The van der Waals surface area contributed by atoms with Crippen molar-refractivity contribution in [3.05, 3.63) is 24.0 Å². The van der Waals surface area contributed by atoms with E-state index in [1.165, 1.54) is 12.1 Å². The van der Waals surface area contributed by atoms with Crippen LogP contribution in [0.3, 0.4) is 0 Å². The predicted molar refractivity (Wildman–Crippen MR) is 59.9 cm³/mol. The van der Waals surface area contributed by atoms with Crippen LogP contribution in [0.15, 0.2) is 23.1 Å². The monoisotopic (exact) mass is 260 g/mol. The highest BCUT2D eigenvalue weighted by Gasteiger charge is 2.29. The average Bonchev–Trinajstić information content (AvgIpc) is 2.33. The highest BCUT2D eigenvalue weighted by atomic mass is 32.2. The molecule has 1 aliphatic rings. The first kappa shape index (κ1) is 12.3. The standard InChI is InChI=1S/C10H13FN2O3S/c11-8-4-3-5-9(10(8)12)17(14,15)13-6-1-2-7-16-13/h3-5H,1-2,6-7,12H2. The summed E-state index contributed by atoms with van der Waals surface area (Å²) in [5.41, 5.74) is 5.07. The molecule has 0 saturated carbocycles. The summed E-state index contributed by atoms with van der Waals surface area (Å²) in [4.78, 5) is 4.81. The maximum atomic E-state index is 13.2. The summed E-state index contributed by atoms with van der Waals surface area (Å²) in [5.74, 6) is -0.747. The first-order valence-corrected chi connectivity index (χ1v) is 6.67. The number of benzene rings is 1. The molecule has 7 heteroatoms. The number of para-hydroxylation sites is 1. The molecule has 1 aliphatic heterocycles. The minimum Gasteiger partial charge on any atom is -0.395 e. The molecule has 0 spiro atoms. The van der Waals surface area contributed by atoms with Crippen LogP contribution < -0.4 is 5.73 Å². The predicted octanol–water partition coefficient (Wildman–Crippen LogP) is 1.12. The van der Waals surface area contributed by atoms with E-state index in [9.17, 15) is 12.8 Å². The molecule has 0 aliphatic carbocycles. The van der Waals surface area contributed by atoms with Gasteiger partial charge in [0.15, 0.2) is 0 Å². The van der Waals surface area contributed by atoms with Gasteiger partial charge in [-0.05, 0) is 25.0 Å². The van der Waals surface area contributed by atoms with Crippen molar-refractivity contribution in [1.82, 2.24) is 4.47 Å². The van der Waals surface area contributed by atoms with E-state index < -0.39 is 15.8 Å². The van der Waals surface area contributed by atoms with Crippen LogP contribution in [0, 0.1) is 5.82 Å². The molecule has 0 amide bonds. The van der Waals surface area contributed by atoms with Gasteiger partial charge in [0.25, 0.3) is 10.0 Å². The van der Waals surface area contributed by atoms with E-state index in [2.05, 4.69) is 0 Å². The fourth-order valence-electron chi connectivity index (χ4n) is 1.62. The smallest absolute Gasteiger partial charge is 0.267 e. The Morgan fingerprint density at radius 3 is 2.76 bits per heavy atom. The zero-order valence-corrected chi connectivity index (χ0v) is 9.91. The SMILES string of the molecule is Nc1c(F)cccc1S(=O)(=O)N1CCCCO1. The molecule has 2 rings (SSSR count). The van der Waals surface area contributed by atoms with Crippen molar-refractivity contribution in [3.8, 4) is 0 Å². The number of nitrogens with two attached hydrogens (primary N) is 1. The van der Waals surface area contributed by atoms with Crippen molar-refractivity contribution in [2.45, 2.75) is 17.7 Å². The molecule has 1 heterocycles. The Kier molecular flexibility index (Phi) is 3.32. The van der Waals surface area contributed by atoms with Gasteiger partial charge in [0.2, 0.25) is 0 Å². The number of hydrogen-bond donors (Lipinski definition) is 1. The zero-order chi connectivity index (χ0) is 12.5. The Bertz CT molecular complexity index is 512. The average molecular weight is 260 g/mol. The summed E-state index contributed by atoms with van der Waals surface area (Å²) in [6, 6.07) is 3.69. The minimum absolute atomic E-state index is 0.251. The van der Waals surface area contributed by atoms with Crippen molar-refractivity contribution in [1.29, 1.82) is 0 Å². The zero-order valence-electron chi connectivity index (χ0n) is 9.10. The summed E-state index contributed by atoms with van der Waals surface area (Å²) in [6.45, 7) is 0.604. The Hall–Kier alpha value is -1.18. The Morgan fingerprint density at radius 1 is 1.35 bits per heavy atom. The first-order valence-electron chi connectivity index (χ1n) is 5.23. The van der Waals surface area contributed by atoms with Crippen LogP contribution in [0.25, 0.3) is 0 Å². The lowest BCUT2D eigenvalue weighted by Gasteiger charge is -2.25. The molecule has 0 unspecified atom stereocenters. The number of rotatable bonds is 2. The number of halogens is 1. The van der Waals surface area contributed by atoms with Crippen molar-refractivity contribution in [2.24, 2.45) is 0 Å². The Labute approximate surface area is 99.0 Å². The number of sulfonamides is 1. The highest BCUT2D eigenvalue weighted by Crippen LogP contribution is 2.26. The summed E-state index contributed by atoms with van der Waals surface area (Å²) < 4.78 is 38.3. The highest BCUT2D eigenvalue weighted by molar-refractivity contribution is 7.89. The molecule has 0 aromatic heterocycles. The van der Waals surface area contributed by atoms with Gasteiger partial charge in [0, 0.05) is 6.54 Å². The lowest BCUT2D eigenvalue weighted by molar-refractivity contribution is -0.108. The molecule has 0 radical (unpaired) electrons. The van der Waals surface area contributed by atoms with Crippen molar-refractivity contribution < 1.29 is 17.6 Å². The van der Waals surface area contributed by atoms with E-state index in [1.807, 2.05) is 0 Å². The summed E-state index contributed by atoms with van der Waals surface area (Å²) in [5, 5.41) is 0. The van der Waals surface area contributed by atoms with Gasteiger partial charge in [-0.2, -0.15) is 0 Å². The molecule has 2 N–H and O–H groups in total. The second kappa shape index (κ2) is 4.59. The summed E-state index contributed by atoms with van der Waals surface area (Å²) in [7, 11) is -3.87. The quantitative estimate of drug-likeness (QED) is 0.809. The van der Waals surface area contributed by atoms with Crippen LogP contribution in [-0.2, 0) is 14.9 Å². The van der Waals surface area contributed by atoms with E-state index in [1.54, 1.807) is 0 Å². The van der Waals surface area contributed by atoms with Gasteiger partial charge in [-0.1, -0.05) is 10.5 Å². The van der Waals surface area contributed by atoms with Crippen molar-refractivity contribution in [3.63, 3.8) is 0 Å². The molecular weight excluding hydrogens is 247 g/mol. The van der Waals surface area contributed by atoms with E-state index in [0.29, 0.717) is 13.0 Å². The number of anilines is 1. The number of hydrogen-bond acceptors (Lipinski definition) is 4. The van der Waals surface area contributed by atoms with Crippen molar-refractivity contribution >= 4 is 15.7 Å². The van der Waals surface area contributed by atoms with Gasteiger partial charge in [-0.3, -0.25) is 4.84 Å². The number of nitrogen functional groups attached to an aromatic ring is 1. The van der Waals surface area contributed by atoms with Crippen LogP contribution in [-0.4, -0.2) is 26.0 Å². The van der Waals surface area contributed by atoms with Crippen LogP contribution in [0.2, 0.25) is 0 Å². The first-order chi connectivity index (χ1) is 8.03. The van der Waals surface area contributed by atoms with Gasteiger partial charge in [0.1, 0.15) is 10.7 Å². The molecule has 1 fully saturated rings. The molecule has 1 aromatic rings. The van der Waals surface area contributed by atoms with E-state index >= 15 is 0 Å². The van der Waals surface area contributed by atoms with Gasteiger partial charge < -0.3 is 5.73 Å². The van der Waals surface area contributed by atoms with Gasteiger partial charge >= 0.3 is 0 Å². The largest absolute Gasteiger partial charge is 0.395 e. The van der Waals surface area contributed by atoms with Crippen LogP contribution in [0.4, 0.5) is 10.1 Å². The summed E-state index contributed by atoms with van der Waals surface area (Å²) in [6.07, 6.45) is 1.53. The molecule has 17 heavy (non-hydrogen) atoms. The molecule has 1 aromatic carbocycles. The fraction of sp³-hybridized carbons (Fsp3) is 0.400. The van der Waals surface area contributed by atoms with E-state index in [4.69, 9.17) is 10.6 Å².